The lowest BCUT2D eigenvalue weighted by Crippen LogP contribution is -2.35. The zero-order valence-corrected chi connectivity index (χ0v) is 9.59. The normalized spacial score (nSPS) is 22.9. The van der Waals surface area contributed by atoms with Gasteiger partial charge in [-0.05, 0) is 32.4 Å². The lowest BCUT2D eigenvalue weighted by Gasteiger charge is -2.27. The summed E-state index contributed by atoms with van der Waals surface area (Å²) in [5.74, 6) is 0.760. The summed E-state index contributed by atoms with van der Waals surface area (Å²) in [6.07, 6.45) is 2.58. The second-order valence-electron chi connectivity index (χ2n) is 4.20. The first kappa shape index (κ1) is 12.0. The molecule has 1 atom stereocenters. The van der Waals surface area contributed by atoms with Crippen LogP contribution < -0.4 is 5.32 Å². The summed E-state index contributed by atoms with van der Waals surface area (Å²) in [5.41, 5.74) is 0. The summed E-state index contributed by atoms with van der Waals surface area (Å²) >= 11 is 0. The van der Waals surface area contributed by atoms with Crippen molar-refractivity contribution in [2.75, 3.05) is 46.4 Å². The minimum absolute atomic E-state index is 0.760. The highest BCUT2D eigenvalue weighted by atomic mass is 16.5. The molecule has 0 aromatic rings. The van der Waals surface area contributed by atoms with Gasteiger partial charge in [0.2, 0.25) is 0 Å². The molecule has 1 aliphatic heterocycles. The van der Waals surface area contributed by atoms with Crippen molar-refractivity contribution in [2.24, 2.45) is 5.92 Å². The van der Waals surface area contributed by atoms with Gasteiger partial charge in [0.15, 0.2) is 0 Å². The summed E-state index contributed by atoms with van der Waals surface area (Å²) in [7, 11) is 2.20. The van der Waals surface area contributed by atoms with Crippen LogP contribution in [-0.2, 0) is 4.74 Å². The molecule has 1 unspecified atom stereocenters. The van der Waals surface area contributed by atoms with E-state index in [2.05, 4.69) is 24.2 Å². The van der Waals surface area contributed by atoms with E-state index in [1.165, 1.54) is 19.4 Å². The predicted molar refractivity (Wildman–Crippen MR) is 59.6 cm³/mol. The molecule has 3 heteroatoms. The van der Waals surface area contributed by atoms with Crippen LogP contribution >= 0.6 is 0 Å². The molecule has 0 saturated carbocycles. The molecular formula is C11H24N2O. The molecule has 0 aromatic heterocycles. The van der Waals surface area contributed by atoms with Crippen LogP contribution in [0.1, 0.15) is 19.8 Å². The number of likely N-dealkylation sites (N-methyl/N-ethyl adjacent to an activating group) is 2. The molecule has 84 valence electrons. The minimum Gasteiger partial charge on any atom is -0.381 e. The first-order valence-electron chi connectivity index (χ1n) is 5.80. The van der Waals surface area contributed by atoms with Gasteiger partial charge in [-0.1, -0.05) is 6.92 Å². The van der Waals surface area contributed by atoms with E-state index in [9.17, 15) is 0 Å². The van der Waals surface area contributed by atoms with Crippen molar-refractivity contribution >= 4 is 0 Å². The Hall–Kier alpha value is -0.120. The Labute approximate surface area is 87.8 Å². The van der Waals surface area contributed by atoms with Crippen LogP contribution in [0.3, 0.4) is 0 Å². The smallest absolute Gasteiger partial charge is 0.0506 e. The summed E-state index contributed by atoms with van der Waals surface area (Å²) in [4.78, 5) is 2.40. The van der Waals surface area contributed by atoms with Gasteiger partial charge in [0, 0.05) is 26.2 Å². The van der Waals surface area contributed by atoms with E-state index < -0.39 is 0 Å². The number of nitrogens with one attached hydrogen (secondary N) is 1. The Morgan fingerprint density at radius 3 is 3.00 bits per heavy atom. The maximum Gasteiger partial charge on any atom is 0.0506 e. The van der Waals surface area contributed by atoms with E-state index in [1.807, 2.05) is 0 Å². The van der Waals surface area contributed by atoms with Crippen molar-refractivity contribution in [1.82, 2.24) is 10.2 Å². The molecule has 1 N–H and O–H groups in total. The summed E-state index contributed by atoms with van der Waals surface area (Å²) in [5, 5.41) is 3.34. The summed E-state index contributed by atoms with van der Waals surface area (Å²) in [6.45, 7) is 8.58. The van der Waals surface area contributed by atoms with Crippen molar-refractivity contribution in [3.8, 4) is 0 Å². The molecule has 1 rings (SSSR count). The number of rotatable bonds is 6. The highest BCUT2D eigenvalue weighted by molar-refractivity contribution is 4.67. The van der Waals surface area contributed by atoms with Crippen LogP contribution in [0.4, 0.5) is 0 Å². The summed E-state index contributed by atoms with van der Waals surface area (Å²) in [6, 6.07) is 0. The average Bonchev–Trinajstić information content (AvgIpc) is 2.20. The van der Waals surface area contributed by atoms with E-state index in [-0.39, 0.29) is 0 Å². The molecule has 0 aliphatic carbocycles. The quantitative estimate of drug-likeness (QED) is 0.646. The largest absolute Gasteiger partial charge is 0.381 e. The molecule has 1 aliphatic rings. The van der Waals surface area contributed by atoms with Gasteiger partial charge in [-0.3, -0.25) is 0 Å². The molecule has 0 aromatic carbocycles. The van der Waals surface area contributed by atoms with Gasteiger partial charge in [-0.15, -0.1) is 0 Å². The molecular weight excluding hydrogens is 176 g/mol. The third-order valence-corrected chi connectivity index (χ3v) is 2.74. The number of hydrogen-bond donors (Lipinski definition) is 1. The highest BCUT2D eigenvalue weighted by Gasteiger charge is 2.15. The van der Waals surface area contributed by atoms with E-state index in [0.717, 1.165) is 38.8 Å². The molecule has 0 amide bonds. The maximum atomic E-state index is 5.47. The third kappa shape index (κ3) is 4.94. The molecule has 1 heterocycles. The number of ether oxygens (including phenoxy) is 1. The Morgan fingerprint density at radius 2 is 2.36 bits per heavy atom. The standard InChI is InChI=1S/C11H24N2O/c1-3-12-6-7-13(2)9-11-5-4-8-14-10-11/h11-12H,3-10H2,1-2H3. The topological polar surface area (TPSA) is 24.5 Å². The fourth-order valence-corrected chi connectivity index (χ4v) is 1.93. The number of hydrogen-bond acceptors (Lipinski definition) is 3. The van der Waals surface area contributed by atoms with Gasteiger partial charge < -0.3 is 15.0 Å². The second-order valence-corrected chi connectivity index (χ2v) is 4.20. The lowest BCUT2D eigenvalue weighted by molar-refractivity contribution is 0.0422. The first-order chi connectivity index (χ1) is 6.83. The van der Waals surface area contributed by atoms with Crippen molar-refractivity contribution in [2.45, 2.75) is 19.8 Å². The van der Waals surface area contributed by atoms with Crippen LogP contribution in [0, 0.1) is 5.92 Å². The third-order valence-electron chi connectivity index (χ3n) is 2.74. The monoisotopic (exact) mass is 200 g/mol. The van der Waals surface area contributed by atoms with Crippen molar-refractivity contribution < 1.29 is 4.74 Å². The summed E-state index contributed by atoms with van der Waals surface area (Å²) < 4.78 is 5.47. The Bertz CT molecular complexity index is 135. The molecule has 0 radical (unpaired) electrons. The maximum absolute atomic E-state index is 5.47. The Morgan fingerprint density at radius 1 is 1.50 bits per heavy atom. The van der Waals surface area contributed by atoms with Crippen LogP contribution in [0.15, 0.2) is 0 Å². The van der Waals surface area contributed by atoms with Crippen LogP contribution in [0.25, 0.3) is 0 Å². The van der Waals surface area contributed by atoms with Crippen molar-refractivity contribution in [3.05, 3.63) is 0 Å². The van der Waals surface area contributed by atoms with Gasteiger partial charge in [-0.25, -0.2) is 0 Å². The fraction of sp³-hybridized carbons (Fsp3) is 1.00. The van der Waals surface area contributed by atoms with Gasteiger partial charge >= 0.3 is 0 Å². The van der Waals surface area contributed by atoms with Gasteiger partial charge in [0.05, 0.1) is 6.61 Å². The molecule has 0 bridgehead atoms. The zero-order valence-electron chi connectivity index (χ0n) is 9.59. The highest BCUT2D eigenvalue weighted by Crippen LogP contribution is 2.13. The lowest BCUT2D eigenvalue weighted by atomic mass is 10.0. The van der Waals surface area contributed by atoms with Crippen LogP contribution in [-0.4, -0.2) is 51.3 Å². The second kappa shape index (κ2) is 7.21. The van der Waals surface area contributed by atoms with Crippen LogP contribution in [0.2, 0.25) is 0 Å². The Kier molecular flexibility index (Phi) is 6.15. The van der Waals surface area contributed by atoms with Gasteiger partial charge in [-0.2, -0.15) is 0 Å². The van der Waals surface area contributed by atoms with Gasteiger partial charge in [0.25, 0.3) is 0 Å². The van der Waals surface area contributed by atoms with Crippen molar-refractivity contribution in [1.29, 1.82) is 0 Å². The van der Waals surface area contributed by atoms with E-state index in [4.69, 9.17) is 4.74 Å². The predicted octanol–water partition coefficient (Wildman–Crippen LogP) is 0.954. The molecule has 1 saturated heterocycles. The molecule has 0 spiro atoms. The molecule has 3 nitrogen and oxygen atoms in total. The zero-order chi connectivity index (χ0) is 10.2. The number of nitrogens with zero attached hydrogens (tertiary/aromatic N) is 1. The van der Waals surface area contributed by atoms with E-state index in [0.29, 0.717) is 0 Å². The van der Waals surface area contributed by atoms with Crippen LogP contribution in [0.5, 0.6) is 0 Å². The van der Waals surface area contributed by atoms with Gasteiger partial charge in [0.1, 0.15) is 0 Å². The minimum atomic E-state index is 0.760. The average molecular weight is 200 g/mol. The first-order valence-corrected chi connectivity index (χ1v) is 5.80. The molecule has 14 heavy (non-hydrogen) atoms. The SMILES string of the molecule is CCNCCN(C)CC1CCCOC1. The fourth-order valence-electron chi connectivity index (χ4n) is 1.93. The van der Waals surface area contributed by atoms with Crippen molar-refractivity contribution in [3.63, 3.8) is 0 Å². The van der Waals surface area contributed by atoms with E-state index in [1.54, 1.807) is 0 Å². The Balaban J connectivity index is 2.03. The van der Waals surface area contributed by atoms with E-state index >= 15 is 0 Å². The molecule has 1 fully saturated rings.